The third kappa shape index (κ3) is 3.35. The molecule has 4 heterocycles. The predicted octanol–water partition coefficient (Wildman–Crippen LogP) is 2.77. The summed E-state index contributed by atoms with van der Waals surface area (Å²) in [5.74, 6) is 1.58. The third-order valence-corrected chi connectivity index (χ3v) is 5.57. The fraction of sp³-hybridized carbons (Fsp3) is 0.524. The molecule has 1 aliphatic carbocycles. The highest BCUT2D eigenvalue weighted by Gasteiger charge is 2.40. The number of anilines is 1. The van der Waals surface area contributed by atoms with E-state index < -0.39 is 0 Å². The summed E-state index contributed by atoms with van der Waals surface area (Å²) in [6.07, 6.45) is 6.03. The van der Waals surface area contributed by atoms with Gasteiger partial charge >= 0.3 is 0 Å². The Morgan fingerprint density at radius 3 is 2.64 bits per heavy atom. The molecule has 28 heavy (non-hydrogen) atoms. The van der Waals surface area contributed by atoms with Crippen LogP contribution in [0.4, 0.5) is 5.82 Å². The molecule has 1 saturated carbocycles. The van der Waals surface area contributed by atoms with Crippen molar-refractivity contribution in [3.63, 3.8) is 0 Å². The molecule has 1 saturated heterocycles. The summed E-state index contributed by atoms with van der Waals surface area (Å²) in [5.41, 5.74) is 3.84. The first-order valence-corrected chi connectivity index (χ1v) is 9.95. The van der Waals surface area contributed by atoms with Crippen LogP contribution in [0.5, 0.6) is 5.88 Å². The van der Waals surface area contributed by atoms with Crippen molar-refractivity contribution in [2.75, 3.05) is 18.0 Å². The van der Waals surface area contributed by atoms with E-state index in [1.165, 1.54) is 0 Å². The lowest BCUT2D eigenvalue weighted by Gasteiger charge is -2.36. The van der Waals surface area contributed by atoms with Crippen molar-refractivity contribution in [3.8, 4) is 5.88 Å². The number of aromatic nitrogens is 3. The number of ether oxygens (including phenoxy) is 2. The van der Waals surface area contributed by atoms with Crippen LogP contribution in [-0.4, -0.2) is 51.6 Å². The molecule has 0 aromatic carbocycles. The standard InChI is InChI=1S/C21H25N5O2/c1-13-10-26(11-14(2)27-13)18-7-17(24-12-25-18)20-16-6-19(28-21(3)4-5-21)22-8-15(16)9-23-20/h6-8,12-14H,4-5,9-11H2,1-3H3/t13-,14+. The zero-order valence-electron chi connectivity index (χ0n) is 16.6. The zero-order valence-corrected chi connectivity index (χ0v) is 16.6. The van der Waals surface area contributed by atoms with E-state index in [-0.39, 0.29) is 17.8 Å². The van der Waals surface area contributed by atoms with Gasteiger partial charge in [-0.15, -0.1) is 0 Å². The number of pyridine rings is 1. The molecule has 3 aliphatic rings. The minimum Gasteiger partial charge on any atom is -0.471 e. The molecule has 0 N–H and O–H groups in total. The Bertz CT molecular complexity index is 930. The van der Waals surface area contributed by atoms with Gasteiger partial charge in [0.15, 0.2) is 0 Å². The predicted molar refractivity (Wildman–Crippen MR) is 106 cm³/mol. The lowest BCUT2D eigenvalue weighted by Crippen LogP contribution is -2.45. The summed E-state index contributed by atoms with van der Waals surface area (Å²) >= 11 is 0. The summed E-state index contributed by atoms with van der Waals surface area (Å²) in [6, 6.07) is 4.03. The van der Waals surface area contributed by atoms with Crippen molar-refractivity contribution in [3.05, 3.63) is 41.5 Å². The molecule has 7 nitrogen and oxygen atoms in total. The molecular weight excluding hydrogens is 354 g/mol. The first-order chi connectivity index (χ1) is 13.5. The van der Waals surface area contributed by atoms with Gasteiger partial charge in [-0.3, -0.25) is 4.99 Å². The van der Waals surface area contributed by atoms with Gasteiger partial charge < -0.3 is 14.4 Å². The van der Waals surface area contributed by atoms with Gasteiger partial charge in [0.2, 0.25) is 5.88 Å². The minimum atomic E-state index is -0.0526. The Morgan fingerprint density at radius 2 is 1.89 bits per heavy atom. The van der Waals surface area contributed by atoms with Gasteiger partial charge in [-0.05, 0) is 33.6 Å². The van der Waals surface area contributed by atoms with Gasteiger partial charge in [0.25, 0.3) is 0 Å². The van der Waals surface area contributed by atoms with Gasteiger partial charge in [0.1, 0.15) is 17.7 Å². The lowest BCUT2D eigenvalue weighted by molar-refractivity contribution is -0.00546. The minimum absolute atomic E-state index is 0.0526. The Labute approximate surface area is 164 Å². The Balaban J connectivity index is 1.43. The van der Waals surface area contributed by atoms with E-state index in [2.05, 4.69) is 40.6 Å². The first kappa shape index (κ1) is 17.6. The largest absolute Gasteiger partial charge is 0.471 e. The Morgan fingerprint density at radius 1 is 1.11 bits per heavy atom. The molecule has 0 bridgehead atoms. The van der Waals surface area contributed by atoms with Crippen LogP contribution in [0, 0.1) is 0 Å². The molecule has 2 aliphatic heterocycles. The lowest BCUT2D eigenvalue weighted by atomic mass is 10.1. The molecule has 2 fully saturated rings. The second-order valence-electron chi connectivity index (χ2n) is 8.32. The monoisotopic (exact) mass is 379 g/mol. The molecule has 2 aromatic heterocycles. The molecule has 5 rings (SSSR count). The van der Waals surface area contributed by atoms with E-state index in [0.717, 1.165) is 54.3 Å². The smallest absolute Gasteiger partial charge is 0.214 e. The summed E-state index contributed by atoms with van der Waals surface area (Å²) in [5, 5.41) is 0. The zero-order chi connectivity index (χ0) is 19.3. The number of morpholine rings is 1. The van der Waals surface area contributed by atoms with Crippen molar-refractivity contribution in [2.45, 2.75) is 58.0 Å². The van der Waals surface area contributed by atoms with E-state index >= 15 is 0 Å². The molecule has 2 aromatic rings. The van der Waals surface area contributed by atoms with Crippen LogP contribution in [0.2, 0.25) is 0 Å². The maximum absolute atomic E-state index is 6.04. The van der Waals surface area contributed by atoms with Crippen molar-refractivity contribution in [1.82, 2.24) is 15.0 Å². The highest BCUT2D eigenvalue weighted by Crippen LogP contribution is 2.39. The van der Waals surface area contributed by atoms with Crippen LogP contribution < -0.4 is 9.64 Å². The molecular formula is C21H25N5O2. The van der Waals surface area contributed by atoms with Crippen LogP contribution in [0.3, 0.4) is 0 Å². The Kier molecular flexibility index (Phi) is 4.08. The molecule has 146 valence electrons. The number of nitrogens with zero attached hydrogens (tertiary/aromatic N) is 5. The maximum atomic E-state index is 6.04. The number of hydrogen-bond donors (Lipinski definition) is 0. The van der Waals surface area contributed by atoms with Gasteiger partial charge in [0.05, 0.1) is 30.2 Å². The molecule has 0 amide bonds. The third-order valence-electron chi connectivity index (χ3n) is 5.57. The van der Waals surface area contributed by atoms with Crippen LogP contribution in [0.25, 0.3) is 0 Å². The average molecular weight is 379 g/mol. The first-order valence-electron chi connectivity index (χ1n) is 9.95. The van der Waals surface area contributed by atoms with Gasteiger partial charge in [-0.2, -0.15) is 0 Å². The van der Waals surface area contributed by atoms with E-state index in [0.29, 0.717) is 12.4 Å². The molecule has 0 radical (unpaired) electrons. The van der Waals surface area contributed by atoms with Crippen LogP contribution in [0.15, 0.2) is 29.6 Å². The van der Waals surface area contributed by atoms with Crippen molar-refractivity contribution in [2.24, 2.45) is 4.99 Å². The van der Waals surface area contributed by atoms with E-state index in [9.17, 15) is 0 Å². The normalized spacial score (nSPS) is 25.2. The fourth-order valence-electron chi connectivity index (χ4n) is 3.88. The van der Waals surface area contributed by atoms with Gasteiger partial charge in [-0.1, -0.05) is 0 Å². The fourth-order valence-corrected chi connectivity index (χ4v) is 3.88. The van der Waals surface area contributed by atoms with E-state index in [4.69, 9.17) is 14.5 Å². The van der Waals surface area contributed by atoms with Crippen molar-refractivity contribution < 1.29 is 9.47 Å². The molecule has 2 atom stereocenters. The SMILES string of the molecule is C[C@@H]1CN(c2cc(C3=NCc4cnc(OC5(C)CC5)cc43)ncn2)C[C@H](C)O1. The maximum Gasteiger partial charge on any atom is 0.214 e. The second-order valence-corrected chi connectivity index (χ2v) is 8.32. The number of fused-ring (bicyclic) bond motifs is 1. The molecule has 0 unspecified atom stereocenters. The topological polar surface area (TPSA) is 72.7 Å². The average Bonchev–Trinajstić information content (AvgIpc) is 3.24. The second kappa shape index (κ2) is 6.51. The summed E-state index contributed by atoms with van der Waals surface area (Å²) in [6.45, 7) is 8.58. The highest BCUT2D eigenvalue weighted by molar-refractivity contribution is 6.14. The van der Waals surface area contributed by atoms with Crippen LogP contribution in [-0.2, 0) is 11.3 Å². The number of rotatable bonds is 4. The Hall–Kier alpha value is -2.54. The summed E-state index contributed by atoms with van der Waals surface area (Å²) < 4.78 is 11.9. The van der Waals surface area contributed by atoms with Gasteiger partial charge in [-0.25, -0.2) is 15.0 Å². The quantitative estimate of drug-likeness (QED) is 0.813. The number of hydrogen-bond acceptors (Lipinski definition) is 7. The summed E-state index contributed by atoms with van der Waals surface area (Å²) in [4.78, 5) is 20.5. The van der Waals surface area contributed by atoms with Crippen LogP contribution >= 0.6 is 0 Å². The van der Waals surface area contributed by atoms with Crippen molar-refractivity contribution >= 4 is 11.5 Å². The van der Waals surface area contributed by atoms with Crippen LogP contribution in [0.1, 0.15) is 50.4 Å². The van der Waals surface area contributed by atoms with Crippen molar-refractivity contribution in [1.29, 1.82) is 0 Å². The highest BCUT2D eigenvalue weighted by atomic mass is 16.5. The molecule has 0 spiro atoms. The van der Waals surface area contributed by atoms with Gasteiger partial charge in [0, 0.05) is 42.5 Å². The van der Waals surface area contributed by atoms with E-state index in [1.807, 2.05) is 18.3 Å². The molecule has 7 heteroatoms. The van der Waals surface area contributed by atoms with E-state index in [1.54, 1.807) is 6.33 Å². The number of aliphatic imine (C=N–C) groups is 1. The summed E-state index contributed by atoms with van der Waals surface area (Å²) in [7, 11) is 0.